The Morgan fingerprint density at radius 1 is 1.38 bits per heavy atom. The molecule has 1 fully saturated rings. The fourth-order valence-electron chi connectivity index (χ4n) is 3.23. The van der Waals surface area contributed by atoms with Crippen LogP contribution < -0.4 is 0 Å². The molecule has 118 valence electrons. The molecule has 1 amide bonds. The first-order valence-corrected chi connectivity index (χ1v) is 8.97. The highest BCUT2D eigenvalue weighted by molar-refractivity contribution is 9.10. The van der Waals surface area contributed by atoms with Crippen LogP contribution in [0.25, 0.3) is 0 Å². The first-order valence-electron chi connectivity index (χ1n) is 8.17. The van der Waals surface area contributed by atoms with Crippen LogP contribution in [0.2, 0.25) is 0 Å². The number of rotatable bonds is 4. The zero-order valence-electron chi connectivity index (χ0n) is 13.4. The molecule has 1 aliphatic rings. The predicted molar refractivity (Wildman–Crippen MR) is 90.5 cm³/mol. The van der Waals surface area contributed by atoms with Gasteiger partial charge in [0.05, 0.1) is 0 Å². The number of amides is 1. The van der Waals surface area contributed by atoms with Crippen molar-refractivity contribution < 1.29 is 4.79 Å². The van der Waals surface area contributed by atoms with Gasteiger partial charge in [0, 0.05) is 30.3 Å². The quantitative estimate of drug-likeness (QED) is 0.777. The minimum absolute atomic E-state index is 0.193. The standard InChI is InChI=1S/C17H27BrN2O/c1-4-8-20-12-15(18)11-16(20)17(21)19-9-5-6-14(7-10-19)13(2)3/h11-14H,4-10H2,1-3H3. The Labute approximate surface area is 136 Å². The minimum atomic E-state index is 0.193. The third-order valence-electron chi connectivity index (χ3n) is 4.55. The Kier molecular flexibility index (Phi) is 5.91. The van der Waals surface area contributed by atoms with Crippen molar-refractivity contribution in [1.82, 2.24) is 9.47 Å². The van der Waals surface area contributed by atoms with E-state index in [0.717, 1.165) is 60.9 Å². The van der Waals surface area contributed by atoms with Crippen molar-refractivity contribution in [2.45, 2.75) is 53.0 Å². The Bertz CT molecular complexity index is 481. The molecule has 0 aliphatic carbocycles. The summed E-state index contributed by atoms with van der Waals surface area (Å²) < 4.78 is 3.08. The summed E-state index contributed by atoms with van der Waals surface area (Å²) in [6.07, 6.45) is 6.58. The number of aryl methyl sites for hydroxylation is 1. The number of carbonyl (C=O) groups excluding carboxylic acids is 1. The molecule has 2 rings (SSSR count). The molecule has 1 unspecified atom stereocenters. The highest BCUT2D eigenvalue weighted by Gasteiger charge is 2.24. The maximum absolute atomic E-state index is 12.8. The lowest BCUT2D eigenvalue weighted by atomic mass is 9.89. The first kappa shape index (κ1) is 16.6. The maximum Gasteiger partial charge on any atom is 0.270 e. The van der Waals surface area contributed by atoms with E-state index in [9.17, 15) is 4.79 Å². The van der Waals surface area contributed by atoms with E-state index in [-0.39, 0.29) is 5.91 Å². The molecule has 0 spiro atoms. The number of carbonyl (C=O) groups is 1. The number of halogens is 1. The maximum atomic E-state index is 12.8. The summed E-state index contributed by atoms with van der Waals surface area (Å²) in [6, 6.07) is 1.96. The van der Waals surface area contributed by atoms with Crippen molar-refractivity contribution in [3.63, 3.8) is 0 Å². The zero-order chi connectivity index (χ0) is 15.4. The summed E-state index contributed by atoms with van der Waals surface area (Å²) in [4.78, 5) is 14.9. The number of likely N-dealkylation sites (tertiary alicyclic amines) is 1. The second-order valence-electron chi connectivity index (χ2n) is 6.46. The van der Waals surface area contributed by atoms with Crippen molar-refractivity contribution >= 4 is 21.8 Å². The van der Waals surface area contributed by atoms with Crippen LogP contribution in [0.3, 0.4) is 0 Å². The lowest BCUT2D eigenvalue weighted by Gasteiger charge is -2.22. The molecule has 1 aromatic heterocycles. The summed E-state index contributed by atoms with van der Waals surface area (Å²) >= 11 is 3.50. The average molecular weight is 355 g/mol. The van der Waals surface area contributed by atoms with Crippen molar-refractivity contribution in [2.24, 2.45) is 11.8 Å². The third-order valence-corrected chi connectivity index (χ3v) is 4.98. The predicted octanol–water partition coefficient (Wildman–Crippen LogP) is 4.56. The molecule has 1 saturated heterocycles. The highest BCUT2D eigenvalue weighted by atomic mass is 79.9. The van der Waals surface area contributed by atoms with Gasteiger partial charge in [0.15, 0.2) is 0 Å². The molecule has 4 heteroatoms. The SMILES string of the molecule is CCCn1cc(Br)cc1C(=O)N1CCCC(C(C)C)CC1. The number of hydrogen-bond donors (Lipinski definition) is 0. The monoisotopic (exact) mass is 354 g/mol. The lowest BCUT2D eigenvalue weighted by Crippen LogP contribution is -2.33. The van der Waals surface area contributed by atoms with Crippen LogP contribution in [0.1, 0.15) is 56.9 Å². The van der Waals surface area contributed by atoms with Gasteiger partial charge in [0.1, 0.15) is 5.69 Å². The van der Waals surface area contributed by atoms with Gasteiger partial charge in [0.2, 0.25) is 0 Å². The summed E-state index contributed by atoms with van der Waals surface area (Å²) in [5.74, 6) is 1.67. The van der Waals surface area contributed by atoms with Crippen LogP contribution in [0.4, 0.5) is 0 Å². The van der Waals surface area contributed by atoms with Crippen LogP contribution in [0, 0.1) is 11.8 Å². The Hall–Kier alpha value is -0.770. The second kappa shape index (κ2) is 7.48. The Balaban J connectivity index is 2.09. The van der Waals surface area contributed by atoms with E-state index in [0.29, 0.717) is 0 Å². The largest absolute Gasteiger partial charge is 0.342 e. The molecule has 21 heavy (non-hydrogen) atoms. The van der Waals surface area contributed by atoms with Gasteiger partial charge in [-0.1, -0.05) is 20.8 Å². The smallest absolute Gasteiger partial charge is 0.270 e. The van der Waals surface area contributed by atoms with E-state index in [4.69, 9.17) is 0 Å². The fraction of sp³-hybridized carbons (Fsp3) is 0.706. The zero-order valence-corrected chi connectivity index (χ0v) is 15.0. The van der Waals surface area contributed by atoms with E-state index in [1.165, 1.54) is 6.42 Å². The molecule has 0 aromatic carbocycles. The van der Waals surface area contributed by atoms with Crippen LogP contribution in [-0.4, -0.2) is 28.5 Å². The number of aromatic nitrogens is 1. The summed E-state index contributed by atoms with van der Waals surface area (Å²) in [7, 11) is 0. The van der Waals surface area contributed by atoms with Gasteiger partial charge in [-0.05, 0) is 59.5 Å². The fourth-order valence-corrected chi connectivity index (χ4v) is 3.70. The van der Waals surface area contributed by atoms with Gasteiger partial charge in [-0.2, -0.15) is 0 Å². The molecule has 0 radical (unpaired) electrons. The third kappa shape index (κ3) is 4.12. The van der Waals surface area contributed by atoms with Crippen molar-refractivity contribution in [3.8, 4) is 0 Å². The Morgan fingerprint density at radius 2 is 2.14 bits per heavy atom. The van der Waals surface area contributed by atoms with E-state index in [1.807, 2.05) is 12.3 Å². The average Bonchev–Trinajstić information content (AvgIpc) is 2.65. The molecule has 1 atom stereocenters. The molecule has 1 aromatic rings. The number of nitrogens with zero attached hydrogens (tertiary/aromatic N) is 2. The number of hydrogen-bond acceptors (Lipinski definition) is 1. The summed E-state index contributed by atoms with van der Waals surface area (Å²) in [5.41, 5.74) is 0.826. The first-order chi connectivity index (χ1) is 10.0. The van der Waals surface area contributed by atoms with Gasteiger partial charge in [-0.25, -0.2) is 0 Å². The molecule has 0 bridgehead atoms. The molecule has 1 aliphatic heterocycles. The molecular formula is C17H27BrN2O. The summed E-state index contributed by atoms with van der Waals surface area (Å²) in [6.45, 7) is 9.43. The van der Waals surface area contributed by atoms with E-state index >= 15 is 0 Å². The van der Waals surface area contributed by atoms with Gasteiger partial charge in [-0.15, -0.1) is 0 Å². The molecule has 2 heterocycles. The van der Waals surface area contributed by atoms with E-state index < -0.39 is 0 Å². The van der Waals surface area contributed by atoms with Gasteiger partial charge >= 0.3 is 0 Å². The molecular weight excluding hydrogens is 328 g/mol. The van der Waals surface area contributed by atoms with E-state index in [2.05, 4.69) is 46.2 Å². The molecule has 0 N–H and O–H groups in total. The lowest BCUT2D eigenvalue weighted by molar-refractivity contribution is 0.0748. The van der Waals surface area contributed by atoms with Gasteiger partial charge in [0.25, 0.3) is 5.91 Å². The van der Waals surface area contributed by atoms with E-state index in [1.54, 1.807) is 0 Å². The second-order valence-corrected chi connectivity index (χ2v) is 7.38. The normalized spacial score (nSPS) is 19.9. The van der Waals surface area contributed by atoms with Crippen molar-refractivity contribution in [2.75, 3.05) is 13.1 Å². The van der Waals surface area contributed by atoms with Crippen LogP contribution >= 0.6 is 15.9 Å². The highest BCUT2D eigenvalue weighted by Crippen LogP contribution is 2.26. The van der Waals surface area contributed by atoms with Gasteiger partial charge in [-0.3, -0.25) is 4.79 Å². The van der Waals surface area contributed by atoms with Crippen molar-refractivity contribution in [1.29, 1.82) is 0 Å². The van der Waals surface area contributed by atoms with Crippen molar-refractivity contribution in [3.05, 3.63) is 22.4 Å². The molecule has 0 saturated carbocycles. The van der Waals surface area contributed by atoms with Gasteiger partial charge < -0.3 is 9.47 Å². The minimum Gasteiger partial charge on any atom is -0.342 e. The van der Waals surface area contributed by atoms with Crippen LogP contribution in [-0.2, 0) is 6.54 Å². The van der Waals surface area contributed by atoms with Crippen LogP contribution in [0.15, 0.2) is 16.7 Å². The summed E-state index contributed by atoms with van der Waals surface area (Å²) in [5, 5.41) is 0. The Morgan fingerprint density at radius 3 is 2.81 bits per heavy atom. The molecule has 3 nitrogen and oxygen atoms in total. The van der Waals surface area contributed by atoms with Crippen LogP contribution in [0.5, 0.6) is 0 Å². The topological polar surface area (TPSA) is 25.2 Å².